The lowest BCUT2D eigenvalue weighted by molar-refractivity contribution is -0.122. The fourth-order valence-electron chi connectivity index (χ4n) is 2.25. The van der Waals surface area contributed by atoms with Crippen LogP contribution in [0.5, 0.6) is 0 Å². The number of hydrogen-bond donors (Lipinski definition) is 2. The Morgan fingerprint density at radius 1 is 1.04 bits per heavy atom. The Bertz CT molecular complexity index is 771. The maximum absolute atomic E-state index is 12.3. The van der Waals surface area contributed by atoms with Crippen LogP contribution in [0.2, 0.25) is 10.0 Å². The van der Waals surface area contributed by atoms with Crippen molar-refractivity contribution in [3.05, 3.63) is 63.6 Å². The summed E-state index contributed by atoms with van der Waals surface area (Å²) in [6.45, 7) is 0.470. The maximum Gasteiger partial charge on any atom is 0.255 e. The minimum atomic E-state index is -0.271. The van der Waals surface area contributed by atoms with Gasteiger partial charge in [0.05, 0.1) is 15.7 Å². The smallest absolute Gasteiger partial charge is 0.255 e. The number of rotatable bonds is 5. The lowest BCUT2D eigenvalue weighted by atomic mass is 10.1. The topological polar surface area (TPSA) is 58.2 Å². The number of hydrogen-bond acceptors (Lipinski definition) is 2. The van der Waals surface area contributed by atoms with Gasteiger partial charge in [-0.15, -0.1) is 0 Å². The summed E-state index contributed by atoms with van der Waals surface area (Å²) in [5.74, 6) is 0.0256. The molecule has 1 fully saturated rings. The number of carbonyl (C=O) groups excluding carboxylic acids is 2. The Hall–Kier alpha value is -2.04. The fraction of sp³-hybridized carbons (Fsp3) is 0.222. The van der Waals surface area contributed by atoms with Crippen molar-refractivity contribution in [1.29, 1.82) is 0 Å². The largest absolute Gasteiger partial charge is 0.352 e. The van der Waals surface area contributed by atoms with Crippen LogP contribution in [0.1, 0.15) is 28.8 Å². The molecule has 0 aromatic heterocycles. The third-order valence-electron chi connectivity index (χ3n) is 3.83. The molecule has 1 aliphatic carbocycles. The van der Waals surface area contributed by atoms with Gasteiger partial charge in [-0.05, 0) is 42.7 Å². The van der Waals surface area contributed by atoms with Gasteiger partial charge in [0.2, 0.25) is 5.91 Å². The lowest BCUT2D eigenvalue weighted by Crippen LogP contribution is -2.24. The van der Waals surface area contributed by atoms with E-state index in [1.807, 2.05) is 12.1 Å². The predicted octanol–water partition coefficient (Wildman–Crippen LogP) is 4.27. The summed E-state index contributed by atoms with van der Waals surface area (Å²) in [6.07, 6.45) is 1.97. The number of carbonyl (C=O) groups is 2. The van der Waals surface area contributed by atoms with Crippen molar-refractivity contribution in [2.45, 2.75) is 19.4 Å². The molecule has 1 saturated carbocycles. The van der Waals surface area contributed by atoms with E-state index in [2.05, 4.69) is 10.6 Å². The molecule has 24 heavy (non-hydrogen) atoms. The van der Waals surface area contributed by atoms with Gasteiger partial charge in [0, 0.05) is 18.0 Å². The second-order valence-corrected chi connectivity index (χ2v) is 6.53. The SMILES string of the molecule is O=C(Nc1cccc(Cl)c1Cl)c1ccc(CNC(=O)C2CC2)cc1. The second kappa shape index (κ2) is 7.24. The van der Waals surface area contributed by atoms with Crippen molar-refractivity contribution < 1.29 is 9.59 Å². The van der Waals surface area contributed by atoms with Crippen molar-refractivity contribution in [2.24, 2.45) is 5.92 Å². The van der Waals surface area contributed by atoms with Gasteiger partial charge < -0.3 is 10.6 Å². The number of benzene rings is 2. The van der Waals surface area contributed by atoms with E-state index in [1.54, 1.807) is 30.3 Å². The van der Waals surface area contributed by atoms with Crippen molar-refractivity contribution >= 4 is 40.7 Å². The zero-order valence-electron chi connectivity index (χ0n) is 12.8. The average molecular weight is 363 g/mol. The van der Waals surface area contributed by atoms with Gasteiger partial charge >= 0.3 is 0 Å². The molecule has 124 valence electrons. The molecular formula is C18H16Cl2N2O2. The third-order valence-corrected chi connectivity index (χ3v) is 4.65. The lowest BCUT2D eigenvalue weighted by Gasteiger charge is -2.09. The summed E-state index contributed by atoms with van der Waals surface area (Å²) in [5, 5.41) is 6.32. The van der Waals surface area contributed by atoms with Crippen LogP contribution >= 0.6 is 23.2 Å². The highest BCUT2D eigenvalue weighted by molar-refractivity contribution is 6.44. The summed E-state index contributed by atoms with van der Waals surface area (Å²) in [5.41, 5.74) is 1.92. The first kappa shape index (κ1) is 16.8. The van der Waals surface area contributed by atoms with E-state index in [-0.39, 0.29) is 17.7 Å². The molecule has 0 saturated heterocycles. The van der Waals surface area contributed by atoms with Gasteiger partial charge in [-0.25, -0.2) is 0 Å². The molecule has 0 aliphatic heterocycles. The first-order valence-corrected chi connectivity index (χ1v) is 8.42. The van der Waals surface area contributed by atoms with Crippen molar-refractivity contribution in [1.82, 2.24) is 5.32 Å². The van der Waals surface area contributed by atoms with Gasteiger partial charge in [-0.3, -0.25) is 9.59 Å². The average Bonchev–Trinajstić information content (AvgIpc) is 3.42. The Balaban J connectivity index is 1.61. The fourth-order valence-corrected chi connectivity index (χ4v) is 2.60. The second-order valence-electron chi connectivity index (χ2n) is 5.74. The van der Waals surface area contributed by atoms with E-state index in [4.69, 9.17) is 23.2 Å². The molecule has 2 aromatic carbocycles. The summed E-state index contributed by atoms with van der Waals surface area (Å²) < 4.78 is 0. The maximum atomic E-state index is 12.3. The van der Waals surface area contributed by atoms with Crippen LogP contribution in [-0.2, 0) is 11.3 Å². The van der Waals surface area contributed by atoms with Crippen LogP contribution in [0.25, 0.3) is 0 Å². The summed E-state index contributed by atoms with van der Waals surface area (Å²) in [4.78, 5) is 23.9. The zero-order chi connectivity index (χ0) is 17.1. The van der Waals surface area contributed by atoms with Crippen LogP contribution in [0.3, 0.4) is 0 Å². The van der Waals surface area contributed by atoms with E-state index in [0.29, 0.717) is 27.8 Å². The van der Waals surface area contributed by atoms with E-state index < -0.39 is 0 Å². The number of nitrogens with one attached hydrogen (secondary N) is 2. The molecule has 0 radical (unpaired) electrons. The molecule has 6 heteroatoms. The van der Waals surface area contributed by atoms with E-state index in [9.17, 15) is 9.59 Å². The van der Waals surface area contributed by atoms with E-state index >= 15 is 0 Å². The number of amides is 2. The highest BCUT2D eigenvalue weighted by atomic mass is 35.5. The Morgan fingerprint density at radius 2 is 1.75 bits per heavy atom. The van der Waals surface area contributed by atoms with E-state index in [1.165, 1.54) is 0 Å². The van der Waals surface area contributed by atoms with Gasteiger partial charge in [0.25, 0.3) is 5.91 Å². The highest BCUT2D eigenvalue weighted by Crippen LogP contribution is 2.30. The summed E-state index contributed by atoms with van der Waals surface area (Å²) in [7, 11) is 0. The molecule has 4 nitrogen and oxygen atoms in total. The molecule has 0 unspecified atom stereocenters. The Kier molecular flexibility index (Phi) is 5.07. The molecule has 2 amide bonds. The zero-order valence-corrected chi connectivity index (χ0v) is 14.3. The van der Waals surface area contributed by atoms with Crippen LogP contribution < -0.4 is 10.6 Å². The number of halogens is 2. The molecule has 0 bridgehead atoms. The van der Waals surface area contributed by atoms with Crippen LogP contribution in [0.15, 0.2) is 42.5 Å². The summed E-state index contributed by atoms with van der Waals surface area (Å²) >= 11 is 12.0. The standard InChI is InChI=1S/C18H16Cl2N2O2/c19-14-2-1-3-15(16(14)20)22-18(24)13-6-4-11(5-7-13)10-21-17(23)12-8-9-12/h1-7,12H,8-10H2,(H,21,23)(H,22,24). The van der Waals surface area contributed by atoms with Crippen molar-refractivity contribution in [3.63, 3.8) is 0 Å². The minimum Gasteiger partial charge on any atom is -0.352 e. The van der Waals surface area contributed by atoms with Gasteiger partial charge in [-0.2, -0.15) is 0 Å². The molecule has 3 rings (SSSR count). The minimum absolute atomic E-state index is 0.104. The molecule has 2 aromatic rings. The van der Waals surface area contributed by atoms with E-state index in [0.717, 1.165) is 18.4 Å². The number of anilines is 1. The molecule has 0 spiro atoms. The van der Waals surface area contributed by atoms with Gasteiger partial charge in [0.1, 0.15) is 0 Å². The molecule has 0 atom stereocenters. The highest BCUT2D eigenvalue weighted by Gasteiger charge is 2.29. The Morgan fingerprint density at radius 3 is 2.42 bits per heavy atom. The van der Waals surface area contributed by atoms with Crippen molar-refractivity contribution in [2.75, 3.05) is 5.32 Å². The first-order valence-electron chi connectivity index (χ1n) is 7.66. The first-order chi connectivity index (χ1) is 11.5. The predicted molar refractivity (Wildman–Crippen MR) is 95.4 cm³/mol. The van der Waals surface area contributed by atoms with Crippen LogP contribution in [0.4, 0.5) is 5.69 Å². The summed E-state index contributed by atoms with van der Waals surface area (Å²) in [6, 6.07) is 12.1. The van der Waals surface area contributed by atoms with Gasteiger partial charge in [-0.1, -0.05) is 41.4 Å². The van der Waals surface area contributed by atoms with Crippen LogP contribution in [-0.4, -0.2) is 11.8 Å². The third kappa shape index (κ3) is 4.08. The normalized spacial score (nSPS) is 13.4. The molecule has 0 heterocycles. The van der Waals surface area contributed by atoms with Gasteiger partial charge in [0.15, 0.2) is 0 Å². The molecule has 2 N–H and O–H groups in total. The quantitative estimate of drug-likeness (QED) is 0.834. The molecule has 1 aliphatic rings. The monoisotopic (exact) mass is 362 g/mol. The Labute approximate surface area is 150 Å². The van der Waals surface area contributed by atoms with Crippen molar-refractivity contribution in [3.8, 4) is 0 Å². The van der Waals surface area contributed by atoms with Crippen LogP contribution in [0, 0.1) is 5.92 Å². The molecular weight excluding hydrogens is 347 g/mol.